The number of halogens is 6. The first kappa shape index (κ1) is 22.8. The van der Waals surface area contributed by atoms with Gasteiger partial charge in [0.25, 0.3) is 5.91 Å². The fraction of sp³-hybridized carbons (Fsp3) is 0.400. The van der Waals surface area contributed by atoms with Crippen LogP contribution in [0.1, 0.15) is 53.3 Å². The molecule has 30 heavy (non-hydrogen) atoms. The van der Waals surface area contributed by atoms with Crippen LogP contribution in [-0.2, 0) is 6.18 Å². The second-order valence-corrected chi connectivity index (χ2v) is 8.07. The van der Waals surface area contributed by atoms with Crippen LogP contribution in [0.25, 0.3) is 0 Å². The Balaban J connectivity index is 1.97. The second-order valence-electron chi connectivity index (χ2n) is 7.26. The molecule has 1 atom stereocenters. The lowest BCUT2D eigenvalue weighted by atomic mass is 9.76. The molecule has 0 saturated heterocycles. The van der Waals surface area contributed by atoms with Crippen molar-refractivity contribution in [2.75, 3.05) is 0 Å². The first-order valence-electron chi connectivity index (χ1n) is 9.16. The largest absolute Gasteiger partial charge is 0.434 e. The Hall–Kier alpha value is -1.90. The van der Waals surface area contributed by atoms with Gasteiger partial charge in [0, 0.05) is 11.2 Å². The molecule has 4 nitrogen and oxygen atoms in total. The number of hydrogen-bond donors (Lipinski definition) is 2. The number of aromatic nitrogens is 1. The fourth-order valence-electron chi connectivity index (χ4n) is 3.61. The van der Waals surface area contributed by atoms with Crippen LogP contribution in [-0.4, -0.2) is 27.8 Å². The molecule has 1 fully saturated rings. The lowest BCUT2D eigenvalue weighted by molar-refractivity contribution is -0.141. The lowest BCUT2D eigenvalue weighted by Gasteiger charge is -2.40. The number of nitrogens with zero attached hydrogens (tertiary/aromatic N) is 1. The molecule has 1 aromatic heterocycles. The van der Waals surface area contributed by atoms with Gasteiger partial charge in [-0.2, -0.15) is 13.2 Å². The van der Waals surface area contributed by atoms with Crippen LogP contribution in [0.15, 0.2) is 36.5 Å². The van der Waals surface area contributed by atoms with Gasteiger partial charge in [-0.15, -0.1) is 0 Å². The van der Waals surface area contributed by atoms with Crippen molar-refractivity contribution >= 4 is 29.1 Å². The third kappa shape index (κ3) is 4.87. The number of carbonyl (C=O) groups is 1. The second kappa shape index (κ2) is 8.69. The molecule has 1 saturated carbocycles. The quantitative estimate of drug-likeness (QED) is 0.585. The van der Waals surface area contributed by atoms with Crippen molar-refractivity contribution in [3.8, 4) is 0 Å². The van der Waals surface area contributed by atoms with E-state index in [2.05, 4.69) is 10.3 Å². The smallest absolute Gasteiger partial charge is 0.387 e. The minimum Gasteiger partial charge on any atom is -0.387 e. The maximum atomic E-state index is 13.6. The maximum absolute atomic E-state index is 13.6. The zero-order valence-corrected chi connectivity index (χ0v) is 17.0. The molecule has 1 aromatic carbocycles. The molecule has 0 radical (unpaired) electrons. The van der Waals surface area contributed by atoms with Crippen molar-refractivity contribution < 1.29 is 27.5 Å². The minimum atomic E-state index is -4.84. The summed E-state index contributed by atoms with van der Waals surface area (Å²) in [4.78, 5) is 16.1. The van der Waals surface area contributed by atoms with E-state index >= 15 is 0 Å². The summed E-state index contributed by atoms with van der Waals surface area (Å²) < 4.78 is 52.9. The predicted octanol–water partition coefficient (Wildman–Crippen LogP) is 5.52. The van der Waals surface area contributed by atoms with Crippen LogP contribution in [0.2, 0.25) is 10.0 Å². The number of amides is 1. The third-order valence-corrected chi connectivity index (χ3v) is 5.80. The molecule has 1 unspecified atom stereocenters. The van der Waals surface area contributed by atoms with Gasteiger partial charge in [-0.3, -0.25) is 9.78 Å². The van der Waals surface area contributed by atoms with Gasteiger partial charge < -0.3 is 10.4 Å². The Labute approximate surface area is 180 Å². The van der Waals surface area contributed by atoms with E-state index in [9.17, 15) is 27.5 Å². The van der Waals surface area contributed by atoms with Crippen molar-refractivity contribution in [1.82, 2.24) is 10.3 Å². The zero-order chi connectivity index (χ0) is 22.1. The first-order chi connectivity index (χ1) is 14.0. The van der Waals surface area contributed by atoms with E-state index in [1.165, 1.54) is 6.07 Å². The van der Waals surface area contributed by atoms with E-state index in [-0.39, 0.29) is 25.7 Å². The number of hydrogen-bond acceptors (Lipinski definition) is 3. The molecule has 0 bridgehead atoms. The number of nitrogens with one attached hydrogen (secondary N) is 1. The summed E-state index contributed by atoms with van der Waals surface area (Å²) in [5.41, 5.74) is -2.88. The summed E-state index contributed by atoms with van der Waals surface area (Å²) in [7, 11) is 0. The molecule has 2 aromatic rings. The van der Waals surface area contributed by atoms with Crippen molar-refractivity contribution in [3.63, 3.8) is 0 Å². The molecule has 10 heteroatoms. The number of alkyl halides is 4. The third-order valence-electron chi connectivity index (χ3n) is 5.18. The van der Waals surface area contributed by atoms with Gasteiger partial charge >= 0.3 is 6.18 Å². The maximum Gasteiger partial charge on any atom is 0.434 e. The van der Waals surface area contributed by atoms with Crippen LogP contribution < -0.4 is 5.32 Å². The van der Waals surface area contributed by atoms with E-state index in [0.29, 0.717) is 10.6 Å². The lowest BCUT2D eigenvalue weighted by Crippen LogP contribution is -2.48. The SMILES string of the molecule is O=C(NC(c1cccc(Cl)c1)[C@]1(O)CC[C@@H](F)CC1)c1ccnc(C(F)(F)F)c1Cl. The molecule has 1 amide bonds. The summed E-state index contributed by atoms with van der Waals surface area (Å²) in [6.07, 6.45) is -4.76. The van der Waals surface area contributed by atoms with Crippen LogP contribution >= 0.6 is 23.2 Å². The van der Waals surface area contributed by atoms with Crippen molar-refractivity contribution in [1.29, 1.82) is 0 Å². The Morgan fingerprint density at radius 1 is 1.23 bits per heavy atom. The number of pyridine rings is 1. The van der Waals surface area contributed by atoms with Crippen molar-refractivity contribution in [2.45, 2.75) is 49.7 Å². The number of benzene rings is 1. The van der Waals surface area contributed by atoms with Gasteiger partial charge in [0.1, 0.15) is 6.17 Å². The van der Waals surface area contributed by atoms with Gasteiger partial charge in [0.15, 0.2) is 5.69 Å². The van der Waals surface area contributed by atoms with Gasteiger partial charge in [-0.05, 0) is 49.4 Å². The van der Waals surface area contributed by atoms with Gasteiger partial charge in [0.05, 0.1) is 22.2 Å². The first-order valence-corrected chi connectivity index (χ1v) is 9.91. The predicted molar refractivity (Wildman–Crippen MR) is 104 cm³/mol. The Kier molecular flexibility index (Phi) is 6.60. The highest BCUT2D eigenvalue weighted by Crippen LogP contribution is 2.40. The molecular formula is C20H18Cl2F4N2O2. The highest BCUT2D eigenvalue weighted by Gasteiger charge is 2.43. The van der Waals surface area contributed by atoms with E-state index in [1.54, 1.807) is 18.2 Å². The van der Waals surface area contributed by atoms with E-state index in [1.807, 2.05) is 0 Å². The van der Waals surface area contributed by atoms with E-state index < -0.39 is 46.2 Å². The molecule has 0 spiro atoms. The minimum absolute atomic E-state index is 0.0590. The molecule has 0 aliphatic heterocycles. The average molecular weight is 465 g/mol. The van der Waals surface area contributed by atoms with Crippen molar-refractivity contribution in [3.05, 3.63) is 63.4 Å². The Bertz CT molecular complexity index is 931. The average Bonchev–Trinajstić information content (AvgIpc) is 2.67. The number of carbonyl (C=O) groups excluding carboxylic acids is 1. The topological polar surface area (TPSA) is 62.2 Å². The summed E-state index contributed by atoms with van der Waals surface area (Å²) in [5, 5.41) is 13.3. The molecule has 3 rings (SSSR count). The monoisotopic (exact) mass is 464 g/mol. The Morgan fingerprint density at radius 2 is 1.90 bits per heavy atom. The molecule has 1 aliphatic carbocycles. The summed E-state index contributed by atoms with van der Waals surface area (Å²) in [6, 6.07) is 6.39. The standard InChI is InChI=1S/C20H18Cl2F4N2O2/c21-12-3-1-2-11(10-12)16(19(30)7-4-13(23)5-8-19)28-18(29)14-6-9-27-17(15(14)22)20(24,25)26/h1-3,6,9-10,13,16,30H,4-5,7-8H2,(H,28,29)/t13-,16?,19+. The summed E-state index contributed by atoms with van der Waals surface area (Å²) in [6.45, 7) is 0. The van der Waals surface area contributed by atoms with Crippen LogP contribution in [0.5, 0.6) is 0 Å². The number of rotatable bonds is 4. The van der Waals surface area contributed by atoms with Gasteiger partial charge in [0.2, 0.25) is 0 Å². The molecule has 2 N–H and O–H groups in total. The van der Waals surface area contributed by atoms with Gasteiger partial charge in [-0.1, -0.05) is 35.3 Å². The summed E-state index contributed by atoms with van der Waals surface area (Å²) in [5.74, 6) is -0.923. The van der Waals surface area contributed by atoms with Crippen LogP contribution in [0.3, 0.4) is 0 Å². The van der Waals surface area contributed by atoms with Gasteiger partial charge in [-0.25, -0.2) is 4.39 Å². The normalized spacial score (nSPS) is 23.1. The van der Waals surface area contributed by atoms with E-state index in [4.69, 9.17) is 23.2 Å². The van der Waals surface area contributed by atoms with Crippen LogP contribution in [0.4, 0.5) is 17.6 Å². The molecular weight excluding hydrogens is 447 g/mol. The van der Waals surface area contributed by atoms with Crippen molar-refractivity contribution in [2.24, 2.45) is 0 Å². The molecule has 1 heterocycles. The summed E-state index contributed by atoms with van der Waals surface area (Å²) >= 11 is 11.8. The highest BCUT2D eigenvalue weighted by molar-refractivity contribution is 6.34. The molecule has 162 valence electrons. The molecule has 1 aliphatic rings. The van der Waals surface area contributed by atoms with Crippen LogP contribution in [0, 0.1) is 0 Å². The number of aliphatic hydroxyl groups is 1. The fourth-order valence-corrected chi connectivity index (χ4v) is 4.11. The highest BCUT2D eigenvalue weighted by atomic mass is 35.5. The zero-order valence-electron chi connectivity index (χ0n) is 15.5. The van der Waals surface area contributed by atoms with E-state index in [0.717, 1.165) is 12.3 Å². The Morgan fingerprint density at radius 3 is 2.50 bits per heavy atom.